The molecular formula is C14H20O3. The van der Waals surface area contributed by atoms with Crippen LogP contribution in [-0.4, -0.2) is 23.9 Å². The second-order valence-electron chi connectivity index (χ2n) is 5.06. The van der Waals surface area contributed by atoms with Gasteiger partial charge in [-0.3, -0.25) is 0 Å². The predicted octanol–water partition coefficient (Wildman–Crippen LogP) is 2.62. The lowest BCUT2D eigenvalue weighted by Gasteiger charge is -2.48. The van der Waals surface area contributed by atoms with Crippen LogP contribution in [0.4, 0.5) is 0 Å². The number of rotatable bonds is 4. The van der Waals surface area contributed by atoms with Crippen LogP contribution in [0, 0.1) is 5.41 Å². The molecule has 0 spiro atoms. The number of aliphatic hydroxyl groups is 1. The molecule has 1 aliphatic carbocycles. The lowest BCUT2D eigenvalue weighted by molar-refractivity contribution is -0.135. The van der Waals surface area contributed by atoms with E-state index in [0.29, 0.717) is 13.0 Å². The monoisotopic (exact) mass is 236 g/mol. The van der Waals surface area contributed by atoms with Crippen molar-refractivity contribution >= 4 is 0 Å². The number of hydrogen-bond donors (Lipinski definition) is 1. The fourth-order valence-electron chi connectivity index (χ4n) is 2.04. The van der Waals surface area contributed by atoms with E-state index in [4.69, 9.17) is 9.47 Å². The van der Waals surface area contributed by atoms with Crippen LogP contribution in [-0.2, 0) is 0 Å². The number of benzene rings is 1. The molecule has 0 heterocycles. The summed E-state index contributed by atoms with van der Waals surface area (Å²) in [4.78, 5) is 0. The minimum Gasteiger partial charge on any atom is -0.490 e. The molecule has 0 radical (unpaired) electrons. The summed E-state index contributed by atoms with van der Waals surface area (Å²) in [5.74, 6) is 1.53. The third-order valence-corrected chi connectivity index (χ3v) is 3.54. The normalized spacial score (nSPS) is 26.1. The molecule has 17 heavy (non-hydrogen) atoms. The van der Waals surface area contributed by atoms with Crippen molar-refractivity contribution in [2.24, 2.45) is 5.41 Å². The predicted molar refractivity (Wildman–Crippen MR) is 66.4 cm³/mol. The van der Waals surface area contributed by atoms with Gasteiger partial charge in [0.05, 0.1) is 12.7 Å². The summed E-state index contributed by atoms with van der Waals surface area (Å²) in [6, 6.07) is 7.67. The van der Waals surface area contributed by atoms with Gasteiger partial charge in [0.25, 0.3) is 0 Å². The van der Waals surface area contributed by atoms with E-state index in [9.17, 15) is 5.11 Å². The molecule has 1 aromatic rings. The van der Waals surface area contributed by atoms with Gasteiger partial charge in [0.1, 0.15) is 6.10 Å². The first-order valence-electron chi connectivity index (χ1n) is 6.12. The Bertz CT molecular complexity index is 387. The standard InChI is InChI=1S/C14H20O3/c1-4-16-10-7-5-6-8-11(10)17-13-9-12(15)14(13,2)3/h5-8,12-13,15H,4,9H2,1-3H3. The molecule has 0 saturated heterocycles. The summed E-state index contributed by atoms with van der Waals surface area (Å²) in [5.41, 5.74) is -0.181. The van der Waals surface area contributed by atoms with Crippen LogP contribution < -0.4 is 9.47 Å². The Kier molecular flexibility index (Phi) is 3.29. The van der Waals surface area contributed by atoms with Gasteiger partial charge in [0.15, 0.2) is 11.5 Å². The average Bonchev–Trinajstić information content (AvgIpc) is 2.31. The molecule has 2 unspecified atom stereocenters. The van der Waals surface area contributed by atoms with E-state index in [1.807, 2.05) is 45.0 Å². The first kappa shape index (κ1) is 12.2. The molecule has 0 aliphatic heterocycles. The molecule has 1 saturated carbocycles. The van der Waals surface area contributed by atoms with Crippen LogP contribution >= 0.6 is 0 Å². The van der Waals surface area contributed by atoms with Crippen LogP contribution in [0.1, 0.15) is 27.2 Å². The van der Waals surface area contributed by atoms with E-state index in [1.54, 1.807) is 0 Å². The second-order valence-corrected chi connectivity index (χ2v) is 5.06. The Morgan fingerprint density at radius 2 is 1.94 bits per heavy atom. The summed E-state index contributed by atoms with van der Waals surface area (Å²) in [7, 11) is 0. The number of hydrogen-bond acceptors (Lipinski definition) is 3. The van der Waals surface area contributed by atoms with Crippen LogP contribution in [0.25, 0.3) is 0 Å². The van der Waals surface area contributed by atoms with Gasteiger partial charge in [-0.05, 0) is 19.1 Å². The van der Waals surface area contributed by atoms with Gasteiger partial charge in [0, 0.05) is 11.8 Å². The van der Waals surface area contributed by atoms with Gasteiger partial charge in [-0.15, -0.1) is 0 Å². The van der Waals surface area contributed by atoms with Crippen molar-refractivity contribution in [3.63, 3.8) is 0 Å². The third-order valence-electron chi connectivity index (χ3n) is 3.54. The summed E-state index contributed by atoms with van der Waals surface area (Å²) < 4.78 is 11.4. The minimum atomic E-state index is -0.272. The molecule has 0 aromatic heterocycles. The van der Waals surface area contributed by atoms with Gasteiger partial charge in [-0.1, -0.05) is 26.0 Å². The SMILES string of the molecule is CCOc1ccccc1OC1CC(O)C1(C)C. The molecule has 3 heteroatoms. The summed E-state index contributed by atoms with van der Waals surface area (Å²) >= 11 is 0. The molecule has 94 valence electrons. The van der Waals surface area contributed by atoms with Crippen molar-refractivity contribution in [1.29, 1.82) is 0 Å². The molecule has 1 aliphatic rings. The molecule has 2 rings (SSSR count). The molecule has 1 fully saturated rings. The number of para-hydroxylation sites is 2. The van der Waals surface area contributed by atoms with Crippen molar-refractivity contribution in [1.82, 2.24) is 0 Å². The molecule has 0 amide bonds. The fraction of sp³-hybridized carbons (Fsp3) is 0.571. The van der Waals surface area contributed by atoms with Crippen molar-refractivity contribution in [2.75, 3.05) is 6.61 Å². The Morgan fingerprint density at radius 3 is 2.47 bits per heavy atom. The fourth-order valence-corrected chi connectivity index (χ4v) is 2.04. The molecule has 0 bridgehead atoms. The lowest BCUT2D eigenvalue weighted by atomic mass is 9.66. The highest BCUT2D eigenvalue weighted by molar-refractivity contribution is 5.39. The summed E-state index contributed by atoms with van der Waals surface area (Å²) in [6.45, 7) is 6.62. The van der Waals surface area contributed by atoms with E-state index in [-0.39, 0.29) is 17.6 Å². The van der Waals surface area contributed by atoms with Crippen molar-refractivity contribution < 1.29 is 14.6 Å². The maximum Gasteiger partial charge on any atom is 0.161 e. The zero-order chi connectivity index (χ0) is 12.5. The molecule has 1 aromatic carbocycles. The smallest absolute Gasteiger partial charge is 0.161 e. The highest BCUT2D eigenvalue weighted by Crippen LogP contribution is 2.44. The summed E-state index contributed by atoms with van der Waals surface area (Å²) in [6.07, 6.45) is 0.471. The largest absolute Gasteiger partial charge is 0.490 e. The Balaban J connectivity index is 2.09. The maximum absolute atomic E-state index is 9.69. The topological polar surface area (TPSA) is 38.7 Å². The number of aliphatic hydroxyl groups excluding tert-OH is 1. The van der Waals surface area contributed by atoms with Crippen LogP contribution in [0.15, 0.2) is 24.3 Å². The molecule has 2 atom stereocenters. The van der Waals surface area contributed by atoms with Gasteiger partial charge >= 0.3 is 0 Å². The Labute approximate surface area is 102 Å². The van der Waals surface area contributed by atoms with E-state index < -0.39 is 0 Å². The second kappa shape index (κ2) is 4.57. The van der Waals surface area contributed by atoms with Crippen molar-refractivity contribution in [3.8, 4) is 11.5 Å². The first-order chi connectivity index (χ1) is 8.05. The van der Waals surface area contributed by atoms with Crippen molar-refractivity contribution in [3.05, 3.63) is 24.3 Å². The zero-order valence-corrected chi connectivity index (χ0v) is 10.6. The quantitative estimate of drug-likeness (QED) is 0.873. The molecular weight excluding hydrogens is 216 g/mol. The van der Waals surface area contributed by atoms with E-state index in [1.165, 1.54) is 0 Å². The molecule has 1 N–H and O–H groups in total. The van der Waals surface area contributed by atoms with Gasteiger partial charge in [-0.2, -0.15) is 0 Å². The van der Waals surface area contributed by atoms with E-state index >= 15 is 0 Å². The van der Waals surface area contributed by atoms with Gasteiger partial charge < -0.3 is 14.6 Å². The van der Waals surface area contributed by atoms with Crippen LogP contribution in [0.2, 0.25) is 0 Å². The first-order valence-corrected chi connectivity index (χ1v) is 6.12. The zero-order valence-electron chi connectivity index (χ0n) is 10.6. The third kappa shape index (κ3) is 2.25. The Hall–Kier alpha value is -1.22. The summed E-state index contributed by atoms with van der Waals surface area (Å²) in [5, 5.41) is 9.69. The van der Waals surface area contributed by atoms with Gasteiger partial charge in [0.2, 0.25) is 0 Å². The lowest BCUT2D eigenvalue weighted by Crippen LogP contribution is -2.56. The average molecular weight is 236 g/mol. The van der Waals surface area contributed by atoms with Gasteiger partial charge in [-0.25, -0.2) is 0 Å². The van der Waals surface area contributed by atoms with E-state index in [0.717, 1.165) is 11.5 Å². The Morgan fingerprint density at radius 1 is 1.29 bits per heavy atom. The van der Waals surface area contributed by atoms with Crippen LogP contribution in [0.3, 0.4) is 0 Å². The van der Waals surface area contributed by atoms with Crippen molar-refractivity contribution in [2.45, 2.75) is 39.4 Å². The maximum atomic E-state index is 9.69. The highest BCUT2D eigenvalue weighted by Gasteiger charge is 2.49. The van der Waals surface area contributed by atoms with E-state index in [2.05, 4.69) is 0 Å². The minimum absolute atomic E-state index is 0.0547. The molecule has 3 nitrogen and oxygen atoms in total. The van der Waals surface area contributed by atoms with Crippen LogP contribution in [0.5, 0.6) is 11.5 Å². The number of ether oxygens (including phenoxy) is 2. The highest BCUT2D eigenvalue weighted by atomic mass is 16.5.